The maximum absolute atomic E-state index is 11.9. The molecule has 0 saturated heterocycles. The van der Waals surface area contributed by atoms with Gasteiger partial charge in [0.15, 0.2) is 0 Å². The largest absolute Gasteiger partial charge is 0.287 e. The van der Waals surface area contributed by atoms with Gasteiger partial charge >= 0.3 is 0 Å². The molecule has 4 heteroatoms. The van der Waals surface area contributed by atoms with Crippen LogP contribution in [-0.4, -0.2) is 16.0 Å². The molecule has 74 valence electrons. The summed E-state index contributed by atoms with van der Waals surface area (Å²) in [5.74, 6) is -0.214. The number of nitrogens with zero attached hydrogens (tertiary/aromatic N) is 2. The number of benzene rings is 1. The van der Waals surface area contributed by atoms with Gasteiger partial charge in [-0.25, -0.2) is 0 Å². The molecule has 0 unspecified atom stereocenters. The molecule has 0 radical (unpaired) electrons. The van der Waals surface area contributed by atoms with Crippen molar-refractivity contribution >= 4 is 17.4 Å². The number of carbonyl (C=O) groups is 1. The lowest BCUT2D eigenvalue weighted by Crippen LogP contribution is -2.05. The minimum atomic E-state index is -0.214. The molecule has 0 aliphatic carbocycles. The van der Waals surface area contributed by atoms with Crippen molar-refractivity contribution in [3.63, 3.8) is 0 Å². The smallest absolute Gasteiger partial charge is 0.214 e. The molecule has 0 N–H and O–H groups in total. The average molecular weight is 219 g/mol. The number of aromatic nitrogens is 2. The van der Waals surface area contributed by atoms with E-state index in [1.165, 1.54) is 6.20 Å². The predicted octanol–water partition coefficient (Wildman–Crippen LogP) is 2.36. The van der Waals surface area contributed by atoms with Gasteiger partial charge in [-0.05, 0) is 24.3 Å². The summed E-state index contributed by atoms with van der Waals surface area (Å²) in [4.78, 5) is 11.9. The Morgan fingerprint density at radius 3 is 2.60 bits per heavy atom. The van der Waals surface area contributed by atoms with Crippen molar-refractivity contribution in [3.05, 3.63) is 58.9 Å². The predicted molar refractivity (Wildman–Crippen MR) is 56.9 cm³/mol. The first kappa shape index (κ1) is 9.80. The Hall–Kier alpha value is -1.74. The third kappa shape index (κ3) is 2.02. The second-order valence-corrected chi connectivity index (χ2v) is 3.33. The number of ketones is 1. The molecule has 15 heavy (non-hydrogen) atoms. The lowest BCUT2D eigenvalue weighted by molar-refractivity contribution is 0.103. The van der Waals surface area contributed by atoms with Crippen LogP contribution in [0.15, 0.2) is 42.6 Å². The monoisotopic (exact) mass is 218 g/mol. The fraction of sp³-hybridized carbons (Fsp3) is 0. The average Bonchev–Trinajstić information content (AvgIpc) is 2.30. The molecule has 1 aromatic heterocycles. The molecule has 1 heterocycles. The Balaban J connectivity index is 2.42. The van der Waals surface area contributed by atoms with Gasteiger partial charge in [0.2, 0.25) is 5.78 Å². The molecule has 1 aromatic carbocycles. The number of carbonyl (C=O) groups excluding carboxylic acids is 1. The Bertz CT molecular complexity index is 485. The molecule has 0 amide bonds. The molecule has 0 fully saturated rings. The zero-order valence-electron chi connectivity index (χ0n) is 7.72. The molecular weight excluding hydrogens is 212 g/mol. The van der Waals surface area contributed by atoms with Crippen LogP contribution in [0.2, 0.25) is 5.02 Å². The molecule has 0 bridgehead atoms. The zero-order valence-corrected chi connectivity index (χ0v) is 8.48. The molecule has 0 saturated carbocycles. The summed E-state index contributed by atoms with van der Waals surface area (Å²) in [6, 6.07) is 10.1. The molecular formula is C11H7ClN2O. The van der Waals surface area contributed by atoms with Gasteiger partial charge in [-0.1, -0.05) is 23.7 Å². The molecule has 0 aliphatic rings. The van der Waals surface area contributed by atoms with Gasteiger partial charge in [0.25, 0.3) is 0 Å². The topological polar surface area (TPSA) is 42.9 Å². The highest BCUT2D eigenvalue weighted by atomic mass is 35.5. The number of hydrogen-bond donors (Lipinski definition) is 0. The molecule has 0 atom stereocenters. The molecule has 2 rings (SSSR count). The van der Waals surface area contributed by atoms with Gasteiger partial charge in [-0.2, -0.15) is 5.10 Å². The van der Waals surface area contributed by atoms with E-state index < -0.39 is 0 Å². The van der Waals surface area contributed by atoms with E-state index in [9.17, 15) is 4.79 Å². The summed E-state index contributed by atoms with van der Waals surface area (Å²) < 4.78 is 0. The number of rotatable bonds is 2. The van der Waals surface area contributed by atoms with Gasteiger partial charge in [-0.15, -0.1) is 5.10 Å². The van der Waals surface area contributed by atoms with Crippen molar-refractivity contribution < 1.29 is 4.79 Å². The second-order valence-electron chi connectivity index (χ2n) is 2.92. The normalized spacial score (nSPS) is 9.93. The minimum absolute atomic E-state index is 0.214. The van der Waals surface area contributed by atoms with Crippen molar-refractivity contribution in [1.29, 1.82) is 0 Å². The standard InChI is InChI=1S/C11H7ClN2O/c12-9-5-2-1-4-8(9)11(15)10-6-3-7-13-14-10/h1-7H. The quantitative estimate of drug-likeness (QED) is 0.727. The third-order valence-corrected chi connectivity index (χ3v) is 2.25. The highest BCUT2D eigenvalue weighted by molar-refractivity contribution is 6.34. The van der Waals surface area contributed by atoms with Crippen LogP contribution in [0.25, 0.3) is 0 Å². The maximum Gasteiger partial charge on any atom is 0.214 e. The Morgan fingerprint density at radius 2 is 1.93 bits per heavy atom. The van der Waals surface area contributed by atoms with E-state index in [0.29, 0.717) is 16.3 Å². The molecule has 2 aromatic rings. The first-order chi connectivity index (χ1) is 7.29. The van der Waals surface area contributed by atoms with E-state index in [2.05, 4.69) is 10.2 Å². The second kappa shape index (κ2) is 4.19. The fourth-order valence-corrected chi connectivity index (χ4v) is 1.43. The van der Waals surface area contributed by atoms with E-state index in [4.69, 9.17) is 11.6 Å². The summed E-state index contributed by atoms with van der Waals surface area (Å²) in [6.07, 6.45) is 1.52. The SMILES string of the molecule is O=C(c1cccnn1)c1ccccc1Cl. The lowest BCUT2D eigenvalue weighted by Gasteiger charge is -2.00. The third-order valence-electron chi connectivity index (χ3n) is 1.92. The van der Waals surface area contributed by atoms with Crippen molar-refractivity contribution in [2.24, 2.45) is 0 Å². The zero-order chi connectivity index (χ0) is 10.7. The van der Waals surface area contributed by atoms with Gasteiger partial charge in [0.1, 0.15) is 5.69 Å². The van der Waals surface area contributed by atoms with Gasteiger partial charge in [0.05, 0.1) is 5.02 Å². The highest BCUT2D eigenvalue weighted by Gasteiger charge is 2.12. The van der Waals surface area contributed by atoms with E-state index >= 15 is 0 Å². The summed E-state index contributed by atoms with van der Waals surface area (Å²) in [5.41, 5.74) is 0.741. The summed E-state index contributed by atoms with van der Waals surface area (Å²) in [5, 5.41) is 7.81. The van der Waals surface area contributed by atoms with Crippen LogP contribution < -0.4 is 0 Å². The summed E-state index contributed by atoms with van der Waals surface area (Å²) in [7, 11) is 0. The van der Waals surface area contributed by atoms with Crippen molar-refractivity contribution in [1.82, 2.24) is 10.2 Å². The Kier molecular flexibility index (Phi) is 2.74. The van der Waals surface area contributed by atoms with E-state index in [0.717, 1.165) is 0 Å². The van der Waals surface area contributed by atoms with E-state index in [-0.39, 0.29) is 5.78 Å². The molecule has 3 nitrogen and oxygen atoms in total. The number of halogens is 1. The van der Waals surface area contributed by atoms with Crippen molar-refractivity contribution in [2.45, 2.75) is 0 Å². The van der Waals surface area contributed by atoms with Crippen LogP contribution in [0.3, 0.4) is 0 Å². The van der Waals surface area contributed by atoms with Crippen LogP contribution in [-0.2, 0) is 0 Å². The van der Waals surface area contributed by atoms with Crippen molar-refractivity contribution in [3.8, 4) is 0 Å². The highest BCUT2D eigenvalue weighted by Crippen LogP contribution is 2.17. The minimum Gasteiger partial charge on any atom is -0.287 e. The Labute approximate surface area is 91.7 Å². The van der Waals surface area contributed by atoms with Gasteiger partial charge in [0, 0.05) is 11.8 Å². The first-order valence-corrected chi connectivity index (χ1v) is 4.74. The van der Waals surface area contributed by atoms with Crippen LogP contribution in [0.1, 0.15) is 16.1 Å². The van der Waals surface area contributed by atoms with E-state index in [1.54, 1.807) is 36.4 Å². The van der Waals surface area contributed by atoms with Crippen LogP contribution in [0, 0.1) is 0 Å². The first-order valence-electron chi connectivity index (χ1n) is 4.36. The summed E-state index contributed by atoms with van der Waals surface area (Å²) in [6.45, 7) is 0. The number of hydrogen-bond acceptors (Lipinski definition) is 3. The van der Waals surface area contributed by atoms with Crippen molar-refractivity contribution in [2.75, 3.05) is 0 Å². The summed E-state index contributed by atoms with van der Waals surface area (Å²) >= 11 is 5.90. The molecule has 0 spiro atoms. The lowest BCUT2D eigenvalue weighted by atomic mass is 10.1. The van der Waals surface area contributed by atoms with Crippen LogP contribution in [0.5, 0.6) is 0 Å². The van der Waals surface area contributed by atoms with Gasteiger partial charge in [-0.3, -0.25) is 4.79 Å². The van der Waals surface area contributed by atoms with Crippen LogP contribution in [0.4, 0.5) is 0 Å². The van der Waals surface area contributed by atoms with Crippen LogP contribution >= 0.6 is 11.6 Å². The molecule has 0 aliphatic heterocycles. The maximum atomic E-state index is 11.9. The fourth-order valence-electron chi connectivity index (χ4n) is 1.21. The van der Waals surface area contributed by atoms with Gasteiger partial charge < -0.3 is 0 Å². The Morgan fingerprint density at radius 1 is 1.13 bits per heavy atom. The van der Waals surface area contributed by atoms with E-state index in [1.807, 2.05) is 0 Å².